The van der Waals surface area contributed by atoms with E-state index in [4.69, 9.17) is 0 Å². The van der Waals surface area contributed by atoms with Gasteiger partial charge >= 0.3 is 0 Å². The fourth-order valence-corrected chi connectivity index (χ4v) is 0. The average Bonchev–Trinajstić information content (AvgIpc) is 0. The molecular formula is H8CoS4. The molecule has 0 nitrogen and oxygen atoms in total. The van der Waals surface area contributed by atoms with Crippen LogP contribution in [0.2, 0.25) is 0 Å². The molecule has 0 aliphatic rings. The first kappa shape index (κ1) is 66.3. The van der Waals surface area contributed by atoms with Crippen LogP contribution in [0, 0.1) is 0 Å². The van der Waals surface area contributed by atoms with E-state index in [0.717, 1.165) is 0 Å². The Morgan fingerprint density at radius 3 is 0.400 bits per heavy atom. The van der Waals surface area contributed by atoms with E-state index >= 15 is 0 Å². The van der Waals surface area contributed by atoms with Crippen LogP contribution < -0.4 is 0 Å². The molecule has 0 aromatic heterocycles. The summed E-state index contributed by atoms with van der Waals surface area (Å²) in [6.45, 7) is 0. The van der Waals surface area contributed by atoms with E-state index in [1.807, 2.05) is 0 Å². The Morgan fingerprint density at radius 2 is 0.400 bits per heavy atom. The van der Waals surface area contributed by atoms with Crippen molar-refractivity contribution in [2.45, 2.75) is 0 Å². The van der Waals surface area contributed by atoms with Gasteiger partial charge in [-0.1, -0.05) is 0 Å². The van der Waals surface area contributed by atoms with Gasteiger partial charge in [0.2, 0.25) is 0 Å². The molecule has 0 rings (SSSR count). The second-order valence-electron chi connectivity index (χ2n) is 0. The summed E-state index contributed by atoms with van der Waals surface area (Å²) >= 11 is 0. The van der Waals surface area contributed by atoms with Crippen molar-refractivity contribution >= 4 is 54.0 Å². The number of hydrogen-bond acceptors (Lipinski definition) is 0. The van der Waals surface area contributed by atoms with Crippen LogP contribution in [-0.2, 0) is 16.8 Å². The molecule has 0 saturated carbocycles. The summed E-state index contributed by atoms with van der Waals surface area (Å²) in [4.78, 5) is 0. The zero-order valence-corrected chi connectivity index (χ0v) is 7.37. The maximum absolute atomic E-state index is 0. The van der Waals surface area contributed by atoms with E-state index in [2.05, 4.69) is 0 Å². The molecule has 41 valence electrons. The molecule has 5 heteroatoms. The monoisotopic (exact) mass is 195 g/mol. The standard InChI is InChI=1S/Co.4H2S/h;4*1H2. The summed E-state index contributed by atoms with van der Waals surface area (Å²) < 4.78 is 0. The molecule has 0 aliphatic carbocycles. The number of rotatable bonds is 0. The van der Waals surface area contributed by atoms with Crippen LogP contribution in [0.1, 0.15) is 0 Å². The van der Waals surface area contributed by atoms with Crippen molar-refractivity contribution in [3.05, 3.63) is 0 Å². The Morgan fingerprint density at radius 1 is 0.400 bits per heavy atom. The minimum atomic E-state index is 0. The molecule has 0 saturated heterocycles. The van der Waals surface area contributed by atoms with Crippen LogP contribution in [0.4, 0.5) is 0 Å². The maximum Gasteiger partial charge on any atom is 0 e. The van der Waals surface area contributed by atoms with Crippen LogP contribution in [0.5, 0.6) is 0 Å². The van der Waals surface area contributed by atoms with Gasteiger partial charge in [0.05, 0.1) is 0 Å². The molecule has 0 aliphatic heterocycles. The predicted octanol–water partition coefficient (Wildman–Crippen LogP) is 0.449. The molecule has 0 aromatic rings. The summed E-state index contributed by atoms with van der Waals surface area (Å²) in [5.41, 5.74) is 0. The van der Waals surface area contributed by atoms with Gasteiger partial charge in [-0.2, -0.15) is 54.0 Å². The van der Waals surface area contributed by atoms with Gasteiger partial charge in [0, 0.05) is 16.8 Å². The van der Waals surface area contributed by atoms with E-state index in [1.165, 1.54) is 0 Å². The van der Waals surface area contributed by atoms with Crippen molar-refractivity contribution in [1.82, 2.24) is 0 Å². The Hall–Kier alpha value is 1.91. The summed E-state index contributed by atoms with van der Waals surface area (Å²) in [6.07, 6.45) is 0. The first-order chi connectivity index (χ1) is 0. The molecule has 0 heterocycles. The van der Waals surface area contributed by atoms with Gasteiger partial charge in [0.25, 0.3) is 0 Å². The molecule has 0 amide bonds. The largest absolute Gasteiger partial charge is 0.197 e. The van der Waals surface area contributed by atoms with E-state index in [1.54, 1.807) is 0 Å². The minimum absolute atomic E-state index is 0. The first-order valence-electron chi connectivity index (χ1n) is 0. The molecular weight excluding hydrogens is 187 g/mol. The first-order valence-corrected chi connectivity index (χ1v) is 0. The smallest absolute Gasteiger partial charge is 0 e. The van der Waals surface area contributed by atoms with Crippen LogP contribution in [0.25, 0.3) is 0 Å². The van der Waals surface area contributed by atoms with Crippen LogP contribution in [0.3, 0.4) is 0 Å². The fraction of sp³-hybridized carbons (Fsp3) is 0. The predicted molar refractivity (Wildman–Crippen MR) is 41.5 cm³/mol. The van der Waals surface area contributed by atoms with E-state index in [-0.39, 0.29) is 70.8 Å². The van der Waals surface area contributed by atoms with Gasteiger partial charge in [0.1, 0.15) is 0 Å². The second kappa shape index (κ2) is 39.1. The summed E-state index contributed by atoms with van der Waals surface area (Å²) in [6, 6.07) is 0. The van der Waals surface area contributed by atoms with E-state index < -0.39 is 0 Å². The van der Waals surface area contributed by atoms with Crippen LogP contribution >= 0.6 is 54.0 Å². The Labute approximate surface area is 70.5 Å². The minimum Gasteiger partial charge on any atom is -0.197 e. The molecule has 0 unspecified atom stereocenters. The quantitative estimate of drug-likeness (QED) is 0.526. The molecule has 0 fully saturated rings. The van der Waals surface area contributed by atoms with Crippen molar-refractivity contribution in [1.29, 1.82) is 0 Å². The summed E-state index contributed by atoms with van der Waals surface area (Å²) in [7, 11) is 0. The average molecular weight is 195 g/mol. The van der Waals surface area contributed by atoms with Crippen molar-refractivity contribution in [2.75, 3.05) is 0 Å². The SMILES string of the molecule is S.S.S.S.[Co]. The third-order valence-electron chi connectivity index (χ3n) is 0. The molecule has 0 aromatic carbocycles. The molecule has 0 bridgehead atoms. The van der Waals surface area contributed by atoms with Gasteiger partial charge in [-0.3, -0.25) is 0 Å². The van der Waals surface area contributed by atoms with Crippen molar-refractivity contribution < 1.29 is 16.8 Å². The van der Waals surface area contributed by atoms with Gasteiger partial charge in [-0.15, -0.1) is 0 Å². The van der Waals surface area contributed by atoms with Crippen molar-refractivity contribution in [2.24, 2.45) is 0 Å². The molecule has 0 atom stereocenters. The van der Waals surface area contributed by atoms with Gasteiger partial charge in [-0.05, 0) is 0 Å². The molecule has 0 N–H and O–H groups in total. The van der Waals surface area contributed by atoms with Gasteiger partial charge in [-0.25, -0.2) is 0 Å². The van der Waals surface area contributed by atoms with Gasteiger partial charge < -0.3 is 0 Å². The topological polar surface area (TPSA) is 0 Å². The van der Waals surface area contributed by atoms with Crippen molar-refractivity contribution in [3.63, 3.8) is 0 Å². The third kappa shape index (κ3) is 24.8. The van der Waals surface area contributed by atoms with Crippen molar-refractivity contribution in [3.8, 4) is 0 Å². The van der Waals surface area contributed by atoms with E-state index in [9.17, 15) is 0 Å². The van der Waals surface area contributed by atoms with E-state index in [0.29, 0.717) is 0 Å². The molecule has 5 heavy (non-hydrogen) atoms. The Kier molecular flexibility index (Phi) is 519. The Bertz CT molecular complexity index is 3.61. The molecule has 1 radical (unpaired) electrons. The Balaban J connectivity index is 0. The van der Waals surface area contributed by atoms with Gasteiger partial charge in [0.15, 0.2) is 0 Å². The third-order valence-corrected chi connectivity index (χ3v) is 0. The second-order valence-corrected chi connectivity index (χ2v) is 0. The zero-order valence-electron chi connectivity index (χ0n) is 2.33. The zero-order chi connectivity index (χ0) is 0. The number of hydrogen-bond donors (Lipinski definition) is 0. The van der Waals surface area contributed by atoms with Crippen LogP contribution in [-0.4, -0.2) is 0 Å². The summed E-state index contributed by atoms with van der Waals surface area (Å²) in [5, 5.41) is 0. The summed E-state index contributed by atoms with van der Waals surface area (Å²) in [5.74, 6) is 0. The fourth-order valence-electron chi connectivity index (χ4n) is 0. The normalized spacial score (nSPS) is 0. The molecule has 0 spiro atoms. The van der Waals surface area contributed by atoms with Crippen LogP contribution in [0.15, 0.2) is 0 Å². The maximum atomic E-state index is 0.